The van der Waals surface area contributed by atoms with E-state index in [1.807, 2.05) is 30.3 Å². The molecule has 1 amide bonds. The molecule has 0 unspecified atom stereocenters. The molecule has 2 atom stereocenters. The van der Waals surface area contributed by atoms with Crippen LogP contribution in [0, 0.1) is 0 Å². The first-order chi connectivity index (χ1) is 12.6. The van der Waals surface area contributed by atoms with E-state index in [0.717, 1.165) is 10.5 Å². The summed E-state index contributed by atoms with van der Waals surface area (Å²) in [6, 6.07) is 9.43. The molecule has 0 saturated heterocycles. The molecular formula is C19H29F2NO5. The fourth-order valence-corrected chi connectivity index (χ4v) is 2.27. The number of benzene rings is 1. The van der Waals surface area contributed by atoms with Gasteiger partial charge in [0.2, 0.25) is 0 Å². The van der Waals surface area contributed by atoms with Gasteiger partial charge in [-0.25, -0.2) is 4.79 Å². The number of hydrogen-bond acceptors (Lipinski definition) is 5. The number of hydrogen-bond donors (Lipinski definition) is 1. The van der Waals surface area contributed by atoms with Crippen molar-refractivity contribution in [3.63, 3.8) is 0 Å². The molecular weight excluding hydrogens is 360 g/mol. The second-order valence-electron chi connectivity index (χ2n) is 7.25. The highest BCUT2D eigenvalue weighted by molar-refractivity contribution is 5.68. The second kappa shape index (κ2) is 11.2. The summed E-state index contributed by atoms with van der Waals surface area (Å²) in [6.07, 6.45) is -2.63. The third kappa shape index (κ3) is 10.8. The van der Waals surface area contributed by atoms with Crippen LogP contribution >= 0.6 is 0 Å². The Bertz CT molecular complexity index is 551. The van der Waals surface area contributed by atoms with E-state index in [4.69, 9.17) is 9.47 Å². The van der Waals surface area contributed by atoms with Crippen molar-refractivity contribution in [1.82, 2.24) is 4.90 Å². The van der Waals surface area contributed by atoms with Crippen molar-refractivity contribution in [2.75, 3.05) is 19.7 Å². The lowest BCUT2D eigenvalue weighted by Gasteiger charge is -2.30. The first kappa shape index (κ1) is 23.3. The van der Waals surface area contributed by atoms with Crippen LogP contribution in [-0.4, -0.2) is 60.2 Å². The number of alkyl halides is 2. The molecule has 0 radical (unpaired) electrons. The van der Waals surface area contributed by atoms with E-state index < -0.39 is 30.5 Å². The van der Waals surface area contributed by atoms with Crippen LogP contribution in [0.3, 0.4) is 0 Å². The summed E-state index contributed by atoms with van der Waals surface area (Å²) < 4.78 is 39.9. The first-order valence-corrected chi connectivity index (χ1v) is 8.78. The van der Waals surface area contributed by atoms with Gasteiger partial charge in [0.15, 0.2) is 0 Å². The minimum atomic E-state index is -2.94. The van der Waals surface area contributed by atoms with E-state index in [-0.39, 0.29) is 19.7 Å². The summed E-state index contributed by atoms with van der Waals surface area (Å²) in [7, 11) is 0. The van der Waals surface area contributed by atoms with Crippen LogP contribution in [0.4, 0.5) is 13.6 Å². The van der Waals surface area contributed by atoms with Gasteiger partial charge in [0, 0.05) is 0 Å². The average Bonchev–Trinajstić information content (AvgIpc) is 2.53. The minimum Gasteiger partial charge on any atom is -0.444 e. The van der Waals surface area contributed by atoms with Crippen LogP contribution in [0.25, 0.3) is 0 Å². The maximum atomic E-state index is 12.4. The van der Waals surface area contributed by atoms with Gasteiger partial charge in [0.05, 0.1) is 38.5 Å². The lowest BCUT2D eigenvalue weighted by Crippen LogP contribution is -2.45. The number of aliphatic hydroxyl groups is 1. The van der Waals surface area contributed by atoms with Crippen molar-refractivity contribution >= 4 is 6.09 Å². The number of carbonyl (C=O) groups excluding carboxylic acids is 1. The topological polar surface area (TPSA) is 68.2 Å². The Morgan fingerprint density at radius 3 is 2.37 bits per heavy atom. The second-order valence-corrected chi connectivity index (χ2v) is 7.25. The van der Waals surface area contributed by atoms with Crippen molar-refractivity contribution in [2.45, 2.75) is 58.7 Å². The van der Waals surface area contributed by atoms with E-state index in [0.29, 0.717) is 6.61 Å². The number of ether oxygens (including phenoxy) is 3. The Morgan fingerprint density at radius 2 is 1.81 bits per heavy atom. The zero-order valence-electron chi connectivity index (χ0n) is 16.2. The summed E-state index contributed by atoms with van der Waals surface area (Å²) in [4.78, 5) is 13.5. The van der Waals surface area contributed by atoms with Crippen molar-refractivity contribution in [3.05, 3.63) is 35.9 Å². The maximum Gasteiger partial charge on any atom is 0.410 e. The molecule has 1 N–H and O–H groups in total. The summed E-state index contributed by atoms with van der Waals surface area (Å²) in [6.45, 7) is 3.59. The van der Waals surface area contributed by atoms with Crippen molar-refractivity contribution in [2.24, 2.45) is 0 Å². The predicted octanol–water partition coefficient (Wildman–Crippen LogP) is 3.43. The molecule has 1 rings (SSSR count). The van der Waals surface area contributed by atoms with Gasteiger partial charge in [0.25, 0.3) is 0 Å². The molecule has 154 valence electrons. The average molecular weight is 389 g/mol. The monoisotopic (exact) mass is 389 g/mol. The third-order valence-corrected chi connectivity index (χ3v) is 3.32. The highest BCUT2D eigenvalue weighted by Gasteiger charge is 2.26. The van der Waals surface area contributed by atoms with Crippen LogP contribution in [0.2, 0.25) is 0 Å². The van der Waals surface area contributed by atoms with E-state index in [1.165, 1.54) is 6.92 Å². The Labute approximate surface area is 159 Å². The Kier molecular flexibility index (Phi) is 9.62. The van der Waals surface area contributed by atoms with Gasteiger partial charge in [0.1, 0.15) is 5.60 Å². The molecule has 1 aromatic carbocycles. The number of carbonyl (C=O) groups is 1. The molecule has 6 nitrogen and oxygen atoms in total. The van der Waals surface area contributed by atoms with Gasteiger partial charge in [-0.1, -0.05) is 30.3 Å². The molecule has 0 spiro atoms. The van der Waals surface area contributed by atoms with Crippen molar-refractivity contribution < 1.29 is 32.9 Å². The van der Waals surface area contributed by atoms with E-state index in [2.05, 4.69) is 4.74 Å². The lowest BCUT2D eigenvalue weighted by atomic mass is 10.2. The first-order valence-electron chi connectivity index (χ1n) is 8.78. The van der Waals surface area contributed by atoms with Gasteiger partial charge in [-0.05, 0) is 33.3 Å². The Balaban J connectivity index is 2.58. The number of aliphatic hydroxyl groups excluding tert-OH is 1. The molecule has 0 heterocycles. The van der Waals surface area contributed by atoms with Crippen molar-refractivity contribution in [1.29, 1.82) is 0 Å². The number of halogens is 2. The number of nitrogens with zero attached hydrogens (tertiary/aromatic N) is 1. The summed E-state index contributed by atoms with van der Waals surface area (Å²) >= 11 is 0. The summed E-state index contributed by atoms with van der Waals surface area (Å²) in [5.41, 5.74) is 0.198. The summed E-state index contributed by atoms with van der Waals surface area (Å²) in [5.74, 6) is 0. The zero-order chi connectivity index (χ0) is 20.4. The van der Waals surface area contributed by atoms with Crippen LogP contribution < -0.4 is 0 Å². The van der Waals surface area contributed by atoms with Crippen LogP contribution in [0.1, 0.15) is 33.3 Å². The van der Waals surface area contributed by atoms with Crippen LogP contribution in [-0.2, 0) is 20.8 Å². The fourth-order valence-electron chi connectivity index (χ4n) is 2.27. The molecule has 0 aliphatic carbocycles. The van der Waals surface area contributed by atoms with Gasteiger partial charge in [-0.3, -0.25) is 0 Å². The van der Waals surface area contributed by atoms with Crippen LogP contribution in [0.5, 0.6) is 0 Å². The predicted molar refractivity (Wildman–Crippen MR) is 96.5 cm³/mol. The fraction of sp³-hybridized carbons (Fsp3) is 0.632. The van der Waals surface area contributed by atoms with Crippen molar-refractivity contribution in [3.8, 4) is 0 Å². The standard InChI is InChI=1S/C19H29F2NO5/c1-14(26-17(20)21)10-22(18(24)27-19(2,3)4)11-16(23)13-25-12-15-8-6-5-7-9-15/h5-9,14,16-17,23H,10-13H2,1-4H3/t14-,16+/m1/s1. The highest BCUT2D eigenvalue weighted by atomic mass is 19.3. The van der Waals surface area contributed by atoms with E-state index in [1.54, 1.807) is 20.8 Å². The molecule has 0 bridgehead atoms. The third-order valence-electron chi connectivity index (χ3n) is 3.32. The zero-order valence-corrected chi connectivity index (χ0v) is 16.2. The van der Waals surface area contributed by atoms with Gasteiger partial charge < -0.3 is 24.2 Å². The molecule has 0 aromatic heterocycles. The Morgan fingerprint density at radius 1 is 1.19 bits per heavy atom. The summed E-state index contributed by atoms with van der Waals surface area (Å²) in [5, 5.41) is 10.2. The van der Waals surface area contributed by atoms with Gasteiger partial charge in [-0.2, -0.15) is 8.78 Å². The molecule has 0 fully saturated rings. The van der Waals surface area contributed by atoms with Gasteiger partial charge >= 0.3 is 12.7 Å². The SMILES string of the molecule is C[C@H](CN(C[C@H](O)COCc1ccccc1)C(=O)OC(C)(C)C)OC(F)F. The van der Waals surface area contributed by atoms with Crippen LogP contribution in [0.15, 0.2) is 30.3 Å². The number of rotatable bonds is 10. The largest absolute Gasteiger partial charge is 0.444 e. The molecule has 0 aliphatic rings. The molecule has 0 aliphatic heterocycles. The molecule has 0 saturated carbocycles. The number of amides is 1. The van der Waals surface area contributed by atoms with E-state index >= 15 is 0 Å². The molecule has 8 heteroatoms. The normalized spacial score (nSPS) is 14.1. The maximum absolute atomic E-state index is 12.4. The van der Waals surface area contributed by atoms with Gasteiger partial charge in [-0.15, -0.1) is 0 Å². The molecule has 27 heavy (non-hydrogen) atoms. The van der Waals surface area contributed by atoms with E-state index in [9.17, 15) is 18.7 Å². The Hall–Kier alpha value is -1.77. The lowest BCUT2D eigenvalue weighted by molar-refractivity contribution is -0.162. The quantitative estimate of drug-likeness (QED) is 0.664. The molecule has 1 aromatic rings. The minimum absolute atomic E-state index is 0.0156. The highest BCUT2D eigenvalue weighted by Crippen LogP contribution is 2.12. The smallest absolute Gasteiger partial charge is 0.410 e.